The number of methoxy groups -OCH3 is 1. The van der Waals surface area contributed by atoms with Crippen molar-refractivity contribution < 1.29 is 47.1 Å². The van der Waals surface area contributed by atoms with E-state index in [-0.39, 0.29) is 32.4 Å². The van der Waals surface area contributed by atoms with Crippen LogP contribution in [0.2, 0.25) is 0 Å². The minimum Gasteiger partial charge on any atom is -0.469 e. The highest BCUT2D eigenvalue weighted by Crippen LogP contribution is 2.64. The average Bonchev–Trinajstić information content (AvgIpc) is 3.46. The summed E-state index contributed by atoms with van der Waals surface area (Å²) in [6.07, 6.45) is -0.604. The fourth-order valence-electron chi connectivity index (χ4n) is 2.54. The lowest BCUT2D eigenvalue weighted by Crippen LogP contribution is -2.50. The van der Waals surface area contributed by atoms with E-state index in [0.717, 1.165) is 0 Å². The van der Waals surface area contributed by atoms with Gasteiger partial charge in [-0.1, -0.05) is 13.8 Å². The van der Waals surface area contributed by atoms with Crippen LogP contribution in [-0.4, -0.2) is 61.8 Å². The van der Waals surface area contributed by atoms with Crippen molar-refractivity contribution in [2.45, 2.75) is 39.2 Å². The molecule has 12 nitrogen and oxygen atoms in total. The third-order valence-electron chi connectivity index (χ3n) is 4.66. The first-order chi connectivity index (χ1) is 13.5. The molecule has 2 rings (SSSR count). The Labute approximate surface area is 168 Å². The van der Waals surface area contributed by atoms with Gasteiger partial charge in [-0.2, -0.15) is 9.42 Å². The third-order valence-corrected chi connectivity index (χ3v) is 6.02. The van der Waals surface area contributed by atoms with Crippen LogP contribution >= 0.6 is 8.17 Å². The first-order valence-electron chi connectivity index (χ1n) is 8.87. The van der Waals surface area contributed by atoms with Crippen LogP contribution in [0, 0.1) is 10.8 Å². The number of carbonyl (C=O) groups is 4. The highest BCUT2D eigenvalue weighted by atomic mass is 31.2. The zero-order valence-corrected chi connectivity index (χ0v) is 17.4. The van der Waals surface area contributed by atoms with Gasteiger partial charge in [-0.05, 0) is 12.8 Å². The Morgan fingerprint density at radius 2 is 1.93 bits per heavy atom. The molecule has 2 amide bonds. The van der Waals surface area contributed by atoms with Gasteiger partial charge in [0.1, 0.15) is 12.0 Å². The van der Waals surface area contributed by atoms with Crippen molar-refractivity contribution in [2.75, 3.05) is 27.1 Å². The number of nitrogens with two attached hydrogens (primary N) is 1. The van der Waals surface area contributed by atoms with E-state index in [9.17, 15) is 24.1 Å². The van der Waals surface area contributed by atoms with Crippen molar-refractivity contribution in [3.05, 3.63) is 0 Å². The van der Waals surface area contributed by atoms with E-state index in [1.165, 1.54) is 7.11 Å². The molecule has 0 aromatic rings. The number of carbonyl (C=O) groups excluding carboxylic acids is 4. The molecule has 1 saturated carbocycles. The second-order valence-electron chi connectivity index (χ2n) is 7.46. The minimum absolute atomic E-state index is 0.0207. The quantitative estimate of drug-likeness (QED) is 0.186. The van der Waals surface area contributed by atoms with Gasteiger partial charge < -0.3 is 20.5 Å². The highest BCUT2D eigenvalue weighted by Gasteiger charge is 2.60. The Morgan fingerprint density at radius 1 is 1.28 bits per heavy atom. The second-order valence-corrected chi connectivity index (χ2v) is 9.12. The summed E-state index contributed by atoms with van der Waals surface area (Å²) in [5, 5.41) is 2.52. The first-order valence-corrected chi connectivity index (χ1v) is 10.4. The largest absolute Gasteiger partial charge is 0.576 e. The van der Waals surface area contributed by atoms with E-state index in [1.54, 1.807) is 13.8 Å². The number of hydrogen-bond acceptors (Lipinski definition) is 10. The number of hydrogen-bond donors (Lipinski definition) is 3. The Kier molecular flexibility index (Phi) is 7.18. The summed E-state index contributed by atoms with van der Waals surface area (Å²) in [7, 11) is -2.73. The fourth-order valence-corrected chi connectivity index (χ4v) is 4.07. The molecule has 0 aromatic carbocycles. The van der Waals surface area contributed by atoms with E-state index in [1.807, 2.05) is 0 Å². The first kappa shape index (κ1) is 23.4. The topological polar surface area (TPSA) is 173 Å². The molecule has 0 radical (unpaired) electrons. The molecule has 2 atom stereocenters. The van der Waals surface area contributed by atoms with Crippen molar-refractivity contribution in [3.63, 3.8) is 0 Å². The molecule has 0 spiro atoms. The molecule has 1 unspecified atom stereocenters. The normalized spacial score (nSPS) is 26.8. The summed E-state index contributed by atoms with van der Waals surface area (Å²) in [4.78, 5) is 57.2. The molecule has 1 heterocycles. The summed E-state index contributed by atoms with van der Waals surface area (Å²) in [5.74, 6) is -2.71. The molecular formula is C16H26N2O10P+. The number of rotatable bonds is 9. The van der Waals surface area contributed by atoms with Crippen molar-refractivity contribution in [3.8, 4) is 0 Å². The number of nitrogens with one attached hydrogen (secondary N) is 1. The maximum atomic E-state index is 12.4. The van der Waals surface area contributed by atoms with Crippen molar-refractivity contribution >= 4 is 31.9 Å². The van der Waals surface area contributed by atoms with Crippen LogP contribution in [0.25, 0.3) is 0 Å². The average molecular weight is 437 g/mol. The van der Waals surface area contributed by atoms with Gasteiger partial charge in [0, 0.05) is 12.0 Å². The van der Waals surface area contributed by atoms with Gasteiger partial charge in [0.2, 0.25) is 12.7 Å². The third kappa shape index (κ3) is 5.61. The van der Waals surface area contributed by atoms with Crippen LogP contribution < -0.4 is 11.1 Å². The van der Waals surface area contributed by atoms with Gasteiger partial charge in [-0.3, -0.25) is 19.2 Å². The van der Waals surface area contributed by atoms with Crippen molar-refractivity contribution in [1.29, 1.82) is 0 Å². The molecule has 2 fully saturated rings. The van der Waals surface area contributed by atoms with Crippen LogP contribution in [0.15, 0.2) is 0 Å². The summed E-state index contributed by atoms with van der Waals surface area (Å²) in [6, 6.07) is 0. The highest BCUT2D eigenvalue weighted by molar-refractivity contribution is 7.55. The molecule has 2 aliphatic rings. The van der Waals surface area contributed by atoms with Gasteiger partial charge in [0.25, 0.3) is 5.91 Å². The van der Waals surface area contributed by atoms with Crippen LogP contribution in [0.5, 0.6) is 0 Å². The summed E-state index contributed by atoms with van der Waals surface area (Å²) >= 11 is 0. The molecule has 164 valence electrons. The molecule has 1 aliphatic carbocycles. The summed E-state index contributed by atoms with van der Waals surface area (Å²) < 4.78 is 25.0. The smallest absolute Gasteiger partial charge is 0.469 e. The number of amides is 2. The van der Waals surface area contributed by atoms with Crippen LogP contribution in [0.3, 0.4) is 0 Å². The minimum atomic E-state index is -3.97. The molecule has 29 heavy (non-hydrogen) atoms. The number of esters is 2. The van der Waals surface area contributed by atoms with E-state index in [0.29, 0.717) is 0 Å². The van der Waals surface area contributed by atoms with E-state index in [2.05, 4.69) is 10.1 Å². The van der Waals surface area contributed by atoms with Crippen LogP contribution in [-0.2, 0) is 42.2 Å². The summed E-state index contributed by atoms with van der Waals surface area (Å²) in [5.41, 5.74) is 3.02. The molecule has 1 saturated heterocycles. The van der Waals surface area contributed by atoms with E-state index in [4.69, 9.17) is 24.0 Å². The van der Waals surface area contributed by atoms with Crippen LogP contribution in [0.4, 0.5) is 0 Å². The number of ether oxygens (including phenoxy) is 2. The Hall–Kier alpha value is -1.85. The maximum absolute atomic E-state index is 12.4. The Bertz CT molecular complexity index is 681. The van der Waals surface area contributed by atoms with Crippen LogP contribution in [0.1, 0.15) is 33.1 Å². The maximum Gasteiger partial charge on any atom is 0.576 e. The van der Waals surface area contributed by atoms with E-state index >= 15 is 0 Å². The molecule has 4 N–H and O–H groups in total. The number of primary amides is 1. The molecule has 0 bridgehead atoms. The summed E-state index contributed by atoms with van der Waals surface area (Å²) in [6.45, 7) is 2.57. The molecule has 1 aliphatic heterocycles. The lowest BCUT2D eigenvalue weighted by molar-refractivity contribution is -0.165. The van der Waals surface area contributed by atoms with Gasteiger partial charge in [0.15, 0.2) is 6.10 Å². The fraction of sp³-hybridized carbons (Fsp3) is 0.750. The molecule has 0 aromatic heterocycles. The Morgan fingerprint density at radius 3 is 2.48 bits per heavy atom. The van der Waals surface area contributed by atoms with Gasteiger partial charge in [-0.25, -0.2) is 0 Å². The SMILES string of the molecule is COC(=O)CCNC(=O)[C@@H]1O[P+](O)(OCOC(=O)C2(C(N)=O)CC2)OCC1(C)C. The Balaban J connectivity index is 1.89. The van der Waals surface area contributed by atoms with Gasteiger partial charge in [-0.15, -0.1) is 9.05 Å². The predicted octanol–water partition coefficient (Wildman–Crippen LogP) is -0.440. The zero-order chi connectivity index (χ0) is 21.9. The second kappa shape index (κ2) is 8.88. The van der Waals surface area contributed by atoms with Gasteiger partial charge >= 0.3 is 20.1 Å². The predicted molar refractivity (Wildman–Crippen MR) is 96.3 cm³/mol. The lowest BCUT2D eigenvalue weighted by Gasteiger charge is -2.36. The monoisotopic (exact) mass is 437 g/mol. The van der Waals surface area contributed by atoms with Gasteiger partial charge in [0.05, 0.1) is 13.5 Å². The lowest BCUT2D eigenvalue weighted by atomic mass is 9.87. The van der Waals surface area contributed by atoms with E-state index < -0.39 is 55.7 Å². The molecule has 13 heteroatoms. The molecular weight excluding hydrogens is 411 g/mol. The zero-order valence-electron chi connectivity index (χ0n) is 16.5. The van der Waals surface area contributed by atoms with Crippen molar-refractivity contribution in [1.82, 2.24) is 5.32 Å². The van der Waals surface area contributed by atoms with Crippen molar-refractivity contribution in [2.24, 2.45) is 16.6 Å². The standard InChI is InChI=1S/C16H25N2O10P/c1-15(2)8-26-29(23,27-9-25-14(22)16(5-6-16)13(17)21)28-11(15)12(20)18-7-4-10(19)24-3/h11,23H,4-9H2,1-3H3,(H2-,17,18,20,21)/p+1/t11-,29?/m0/s1.